The summed E-state index contributed by atoms with van der Waals surface area (Å²) >= 11 is 9.60. The Bertz CT molecular complexity index is 1160. The van der Waals surface area contributed by atoms with Crippen LogP contribution in [0.25, 0.3) is 11.0 Å². The first-order valence-electron chi connectivity index (χ1n) is 9.48. The summed E-state index contributed by atoms with van der Waals surface area (Å²) in [6.45, 7) is 1.46. The minimum absolute atomic E-state index is 0.131. The quantitative estimate of drug-likeness (QED) is 0.615. The van der Waals surface area contributed by atoms with Crippen LogP contribution in [0.1, 0.15) is 34.1 Å². The number of benzene rings is 2. The zero-order chi connectivity index (χ0) is 20.7. The lowest BCUT2D eigenvalue weighted by Gasteiger charge is -2.25. The van der Waals surface area contributed by atoms with Gasteiger partial charge in [-0.25, -0.2) is 0 Å². The summed E-state index contributed by atoms with van der Waals surface area (Å²) in [7, 11) is 4.15. The SMILES string of the molecule is C[NH+](C)CCCN1C(=O)c2oc3ccc(Cl)cc3c(=O)c2[C@@H]1c1cccc(Br)c1. The number of amides is 1. The number of quaternary nitrogens is 1. The van der Waals surface area contributed by atoms with Crippen molar-refractivity contribution in [3.63, 3.8) is 0 Å². The molecule has 0 radical (unpaired) electrons. The van der Waals surface area contributed by atoms with Gasteiger partial charge in [0, 0.05) is 22.5 Å². The highest BCUT2D eigenvalue weighted by atomic mass is 79.9. The first-order chi connectivity index (χ1) is 13.9. The van der Waals surface area contributed by atoms with Crippen molar-refractivity contribution in [3.8, 4) is 0 Å². The molecule has 7 heteroatoms. The molecule has 0 fully saturated rings. The Balaban J connectivity index is 1.89. The maximum Gasteiger partial charge on any atom is 0.290 e. The molecule has 0 bridgehead atoms. The Kier molecular flexibility index (Phi) is 5.51. The molecule has 1 aliphatic rings. The molecule has 0 aliphatic carbocycles. The van der Waals surface area contributed by atoms with Crippen LogP contribution in [-0.2, 0) is 0 Å². The number of fused-ring (bicyclic) bond motifs is 2. The molecule has 1 amide bonds. The molecular weight excluding hydrogens is 456 g/mol. The summed E-state index contributed by atoms with van der Waals surface area (Å²) in [4.78, 5) is 29.7. The highest BCUT2D eigenvalue weighted by Crippen LogP contribution is 2.39. The molecule has 5 nitrogen and oxygen atoms in total. The lowest BCUT2D eigenvalue weighted by molar-refractivity contribution is -0.858. The van der Waals surface area contributed by atoms with Crippen LogP contribution in [0, 0.1) is 0 Å². The number of carbonyl (C=O) groups is 1. The van der Waals surface area contributed by atoms with Gasteiger partial charge in [0.1, 0.15) is 5.58 Å². The molecule has 2 aromatic carbocycles. The van der Waals surface area contributed by atoms with Gasteiger partial charge < -0.3 is 14.2 Å². The third-order valence-corrected chi connectivity index (χ3v) is 5.90. The zero-order valence-electron chi connectivity index (χ0n) is 16.2. The Morgan fingerprint density at radius 1 is 1.17 bits per heavy atom. The minimum atomic E-state index is -0.480. The third kappa shape index (κ3) is 3.72. The number of nitrogens with zero attached hydrogens (tertiary/aromatic N) is 1. The maximum absolute atomic E-state index is 13.4. The molecule has 150 valence electrons. The number of nitrogens with one attached hydrogen (secondary N) is 1. The van der Waals surface area contributed by atoms with E-state index in [9.17, 15) is 9.59 Å². The van der Waals surface area contributed by atoms with Gasteiger partial charge in [0.05, 0.1) is 37.6 Å². The summed E-state index contributed by atoms with van der Waals surface area (Å²) in [5.41, 5.74) is 1.43. The van der Waals surface area contributed by atoms with Gasteiger partial charge >= 0.3 is 0 Å². The molecule has 1 aliphatic heterocycles. The van der Waals surface area contributed by atoms with Crippen molar-refractivity contribution in [1.82, 2.24) is 4.90 Å². The van der Waals surface area contributed by atoms with E-state index in [0.717, 1.165) is 23.0 Å². The second-order valence-electron chi connectivity index (χ2n) is 7.58. The molecule has 1 aromatic heterocycles. The van der Waals surface area contributed by atoms with E-state index in [1.54, 1.807) is 23.1 Å². The van der Waals surface area contributed by atoms with Gasteiger partial charge in [-0.2, -0.15) is 0 Å². The molecule has 29 heavy (non-hydrogen) atoms. The molecule has 1 atom stereocenters. The fourth-order valence-electron chi connectivity index (χ4n) is 3.85. The lowest BCUT2D eigenvalue weighted by Crippen LogP contribution is -3.05. The fourth-order valence-corrected chi connectivity index (χ4v) is 4.44. The van der Waals surface area contributed by atoms with Crippen LogP contribution in [0.15, 0.2) is 56.1 Å². The van der Waals surface area contributed by atoms with E-state index in [-0.39, 0.29) is 17.1 Å². The molecule has 3 aromatic rings. The van der Waals surface area contributed by atoms with Gasteiger partial charge in [0.2, 0.25) is 5.76 Å². The Morgan fingerprint density at radius 2 is 1.97 bits per heavy atom. The summed E-state index contributed by atoms with van der Waals surface area (Å²) < 4.78 is 6.82. The van der Waals surface area contributed by atoms with Crippen LogP contribution >= 0.6 is 27.5 Å². The van der Waals surface area contributed by atoms with Gasteiger partial charge in [-0.1, -0.05) is 39.7 Å². The van der Waals surface area contributed by atoms with Crippen LogP contribution in [0.5, 0.6) is 0 Å². The average Bonchev–Trinajstić information content (AvgIpc) is 2.95. The molecule has 0 saturated carbocycles. The number of halogens is 2. The largest absolute Gasteiger partial charge is 0.450 e. The van der Waals surface area contributed by atoms with E-state index >= 15 is 0 Å². The first-order valence-corrected chi connectivity index (χ1v) is 10.7. The summed E-state index contributed by atoms with van der Waals surface area (Å²) in [6, 6.07) is 12.1. The Morgan fingerprint density at radius 3 is 2.69 bits per heavy atom. The molecular formula is C22H21BrClN2O3+. The van der Waals surface area contributed by atoms with Crippen molar-refractivity contribution in [3.05, 3.63) is 79.1 Å². The van der Waals surface area contributed by atoms with E-state index < -0.39 is 6.04 Å². The van der Waals surface area contributed by atoms with Crippen molar-refractivity contribution in [2.24, 2.45) is 0 Å². The molecule has 0 spiro atoms. The van der Waals surface area contributed by atoms with Gasteiger partial charge in [0.25, 0.3) is 5.91 Å². The van der Waals surface area contributed by atoms with Crippen molar-refractivity contribution in [2.75, 3.05) is 27.2 Å². The first kappa shape index (κ1) is 20.1. The topological polar surface area (TPSA) is 55.0 Å². The smallest absolute Gasteiger partial charge is 0.290 e. The van der Waals surface area contributed by atoms with Gasteiger partial charge in [-0.3, -0.25) is 9.59 Å². The molecule has 0 saturated heterocycles. The number of rotatable bonds is 5. The van der Waals surface area contributed by atoms with E-state index in [2.05, 4.69) is 30.0 Å². The predicted molar refractivity (Wildman–Crippen MR) is 117 cm³/mol. The molecule has 4 rings (SSSR count). The fraction of sp³-hybridized carbons (Fsp3) is 0.273. The number of hydrogen-bond acceptors (Lipinski definition) is 3. The van der Waals surface area contributed by atoms with E-state index in [1.165, 1.54) is 4.90 Å². The van der Waals surface area contributed by atoms with Crippen LogP contribution in [0.2, 0.25) is 5.02 Å². The second kappa shape index (κ2) is 7.94. The summed E-state index contributed by atoms with van der Waals surface area (Å²) in [5.74, 6) is -0.111. The normalized spacial score (nSPS) is 16.1. The zero-order valence-corrected chi connectivity index (χ0v) is 18.5. The van der Waals surface area contributed by atoms with Gasteiger partial charge in [-0.05, 0) is 35.9 Å². The maximum atomic E-state index is 13.4. The van der Waals surface area contributed by atoms with Gasteiger partial charge in [0.15, 0.2) is 5.43 Å². The predicted octanol–water partition coefficient (Wildman–Crippen LogP) is 3.29. The monoisotopic (exact) mass is 475 g/mol. The summed E-state index contributed by atoms with van der Waals surface area (Å²) in [6.07, 6.45) is 0.825. The van der Waals surface area contributed by atoms with E-state index in [4.69, 9.17) is 16.0 Å². The van der Waals surface area contributed by atoms with Crippen molar-refractivity contribution in [2.45, 2.75) is 12.5 Å². The number of carbonyl (C=O) groups excluding carboxylic acids is 1. The molecule has 1 N–H and O–H groups in total. The van der Waals surface area contributed by atoms with Crippen molar-refractivity contribution in [1.29, 1.82) is 0 Å². The highest BCUT2D eigenvalue weighted by Gasteiger charge is 2.42. The average molecular weight is 477 g/mol. The molecule has 2 heterocycles. The van der Waals surface area contributed by atoms with Crippen LogP contribution in [0.4, 0.5) is 0 Å². The number of hydrogen-bond donors (Lipinski definition) is 1. The lowest BCUT2D eigenvalue weighted by atomic mass is 9.98. The standard InChI is InChI=1S/C22H20BrClN2O3/c1-25(2)9-4-10-26-19(13-5-3-6-14(23)11-13)18-20(27)16-12-15(24)7-8-17(16)29-21(18)22(26)28/h3,5-8,11-12,19H,4,9-10H2,1-2H3/p+1/t19-/m0/s1. The Labute approximate surface area is 182 Å². The highest BCUT2D eigenvalue weighted by molar-refractivity contribution is 9.10. The Hall–Kier alpha value is -2.15. The molecule has 0 unspecified atom stereocenters. The van der Waals surface area contributed by atoms with E-state index in [1.807, 2.05) is 24.3 Å². The van der Waals surface area contributed by atoms with Crippen LogP contribution in [-0.4, -0.2) is 38.0 Å². The summed E-state index contributed by atoms with van der Waals surface area (Å²) in [5, 5.41) is 0.850. The van der Waals surface area contributed by atoms with Crippen LogP contribution in [0.3, 0.4) is 0 Å². The van der Waals surface area contributed by atoms with Crippen molar-refractivity contribution < 1.29 is 14.1 Å². The minimum Gasteiger partial charge on any atom is -0.450 e. The second-order valence-corrected chi connectivity index (χ2v) is 8.93. The van der Waals surface area contributed by atoms with Gasteiger partial charge in [-0.15, -0.1) is 0 Å². The van der Waals surface area contributed by atoms with E-state index in [0.29, 0.717) is 28.1 Å². The van der Waals surface area contributed by atoms with Crippen molar-refractivity contribution >= 4 is 44.4 Å². The third-order valence-electron chi connectivity index (χ3n) is 5.17. The van der Waals surface area contributed by atoms with Crippen LogP contribution < -0.4 is 10.3 Å².